The number of aliphatic hydroxyl groups excluding tert-OH is 5. The van der Waals surface area contributed by atoms with Gasteiger partial charge in [-0.15, -0.1) is 0 Å². The molecule has 0 aliphatic heterocycles. The van der Waals surface area contributed by atoms with Crippen molar-refractivity contribution in [2.75, 3.05) is 13.2 Å². The van der Waals surface area contributed by atoms with Crippen LogP contribution in [0.5, 0.6) is 0 Å². The zero-order valence-corrected chi connectivity index (χ0v) is 40.5. The molecule has 66 heavy (non-hydrogen) atoms. The highest BCUT2D eigenvalue weighted by Gasteiger charge is 2.54. The topological polar surface area (TPSA) is 276 Å². The summed E-state index contributed by atoms with van der Waals surface area (Å²) in [6.45, 7) is 2.73. The molecule has 0 amide bonds. The van der Waals surface area contributed by atoms with Crippen LogP contribution in [0.1, 0.15) is 136 Å². The predicted molar refractivity (Wildman–Crippen MR) is 251 cm³/mol. The highest BCUT2D eigenvalue weighted by atomic mass is 31.2. The highest BCUT2D eigenvalue weighted by molar-refractivity contribution is 7.47. The van der Waals surface area contributed by atoms with E-state index in [1.807, 2.05) is 37.3 Å². The first-order valence-electron chi connectivity index (χ1n) is 23.2. The van der Waals surface area contributed by atoms with Crippen molar-refractivity contribution in [2.24, 2.45) is 0 Å². The third kappa shape index (κ3) is 31.2. The summed E-state index contributed by atoms with van der Waals surface area (Å²) >= 11 is 0. The van der Waals surface area contributed by atoms with Crippen LogP contribution in [0.4, 0.5) is 0 Å². The Morgan fingerprint density at radius 2 is 1.06 bits per heavy atom. The molecule has 19 heteroatoms. The van der Waals surface area contributed by atoms with Crippen molar-refractivity contribution in [1.82, 2.24) is 0 Å². The number of carbonyl (C=O) groups excluding carboxylic acids is 2. The molecule has 1 fully saturated rings. The molecular weight excluding hydrogens is 898 g/mol. The second-order valence-corrected chi connectivity index (χ2v) is 18.5. The molecule has 1 aliphatic carbocycles. The summed E-state index contributed by atoms with van der Waals surface area (Å²) in [6.07, 6.45) is 27.2. The van der Waals surface area contributed by atoms with Crippen LogP contribution in [-0.4, -0.2) is 114 Å². The number of hydrogen-bond donors (Lipinski definition) is 8. The zero-order valence-electron chi connectivity index (χ0n) is 38.7. The van der Waals surface area contributed by atoms with Crippen molar-refractivity contribution in [2.45, 2.75) is 185 Å². The minimum atomic E-state index is -5.38. The number of esters is 2. The van der Waals surface area contributed by atoms with E-state index < -0.39 is 89.6 Å². The van der Waals surface area contributed by atoms with Crippen LogP contribution in [0, 0.1) is 0 Å². The number of allylic oxidation sites excluding steroid dienone is 12. The number of phosphoric ester groups is 2. The van der Waals surface area contributed by atoms with E-state index in [0.29, 0.717) is 19.3 Å². The van der Waals surface area contributed by atoms with Gasteiger partial charge < -0.3 is 49.7 Å². The van der Waals surface area contributed by atoms with E-state index in [1.54, 1.807) is 6.08 Å². The second kappa shape index (κ2) is 37.1. The molecule has 17 nitrogen and oxygen atoms in total. The van der Waals surface area contributed by atoms with Gasteiger partial charge >= 0.3 is 27.6 Å². The van der Waals surface area contributed by atoms with E-state index in [-0.39, 0.29) is 12.8 Å². The lowest BCUT2D eigenvalue weighted by Gasteiger charge is -2.43. The Morgan fingerprint density at radius 1 is 0.561 bits per heavy atom. The molecule has 0 spiro atoms. The highest BCUT2D eigenvalue weighted by Crippen LogP contribution is 2.49. The molecule has 0 aromatic heterocycles. The van der Waals surface area contributed by atoms with Gasteiger partial charge in [-0.3, -0.25) is 23.2 Å². The Balaban J connectivity index is 2.65. The van der Waals surface area contributed by atoms with E-state index >= 15 is 0 Å². The summed E-state index contributed by atoms with van der Waals surface area (Å²) in [5.41, 5.74) is 0. The van der Waals surface area contributed by atoms with E-state index in [0.717, 1.165) is 89.9 Å². The van der Waals surface area contributed by atoms with Gasteiger partial charge in [0, 0.05) is 12.8 Å². The monoisotopic (exact) mass is 976 g/mol. The Bertz CT molecular complexity index is 1620. The van der Waals surface area contributed by atoms with Crippen LogP contribution in [0.25, 0.3) is 0 Å². The number of phosphoric acid groups is 2. The van der Waals surface area contributed by atoms with Crippen molar-refractivity contribution in [3.8, 4) is 0 Å². The fourth-order valence-corrected chi connectivity index (χ4v) is 8.00. The first-order chi connectivity index (χ1) is 31.5. The molecular formula is C47H78O17P2. The van der Waals surface area contributed by atoms with Gasteiger partial charge in [0.15, 0.2) is 6.10 Å². The quantitative estimate of drug-likeness (QED) is 0.00979. The number of hydrogen-bond acceptors (Lipinski definition) is 14. The fraction of sp³-hybridized carbons (Fsp3) is 0.660. The average molecular weight is 977 g/mol. The smallest absolute Gasteiger partial charge is 0.462 e. The van der Waals surface area contributed by atoms with Gasteiger partial charge in [0.05, 0.1) is 12.7 Å². The number of unbranched alkanes of at least 4 members (excludes halogenated alkanes) is 9. The minimum Gasteiger partial charge on any atom is -0.462 e. The third-order valence-electron chi connectivity index (χ3n) is 10.0. The van der Waals surface area contributed by atoms with Gasteiger partial charge in [0.1, 0.15) is 43.2 Å². The average Bonchev–Trinajstić information content (AvgIpc) is 3.26. The number of carbonyl (C=O) groups is 2. The molecule has 0 saturated heterocycles. The fourth-order valence-electron chi connectivity index (χ4n) is 6.46. The Kier molecular flexibility index (Phi) is 34.4. The van der Waals surface area contributed by atoms with Crippen molar-refractivity contribution in [1.29, 1.82) is 0 Å². The summed E-state index contributed by atoms with van der Waals surface area (Å²) in [4.78, 5) is 54.3. The Hall–Kier alpha value is -2.86. The lowest BCUT2D eigenvalue weighted by atomic mass is 9.85. The minimum absolute atomic E-state index is 0.00407. The first-order valence-corrected chi connectivity index (χ1v) is 26.3. The van der Waals surface area contributed by atoms with Gasteiger partial charge in [0.2, 0.25) is 0 Å². The van der Waals surface area contributed by atoms with Crippen LogP contribution >= 0.6 is 15.6 Å². The van der Waals surface area contributed by atoms with Crippen LogP contribution < -0.4 is 0 Å². The second-order valence-electron chi connectivity index (χ2n) is 15.9. The Labute approximate surface area is 391 Å². The zero-order chi connectivity index (χ0) is 49.1. The van der Waals surface area contributed by atoms with Crippen molar-refractivity contribution < 1.29 is 82.0 Å². The van der Waals surface area contributed by atoms with E-state index in [1.165, 1.54) is 0 Å². The molecule has 0 aromatic carbocycles. The summed E-state index contributed by atoms with van der Waals surface area (Å²) in [5.74, 6) is -1.30. The SMILES string of the molecule is CC/C=C\C/C=C\C/C=C\C/C=C\CCCCCCC(=O)O[C@H](COC(=O)CCCCCCC/C=C/C=C/C(O)C/C=C/CC)COP(=O)(O)O[C@H]1C(O)C(O)C(O)[C@@H](OP(=O)(O)O)C1O. The van der Waals surface area contributed by atoms with E-state index in [2.05, 4.69) is 60.1 Å². The molecule has 378 valence electrons. The molecule has 9 atom stereocenters. The lowest BCUT2D eigenvalue weighted by Crippen LogP contribution is -2.64. The van der Waals surface area contributed by atoms with Gasteiger partial charge in [-0.05, 0) is 77.0 Å². The van der Waals surface area contributed by atoms with Crippen molar-refractivity contribution in [3.63, 3.8) is 0 Å². The number of ether oxygens (including phenoxy) is 2. The first kappa shape index (κ1) is 61.2. The standard InChI is InChI=1S/C47H78O17P2/c1-3-5-7-8-9-10-11-12-13-14-15-16-17-20-24-27-31-35-41(50)62-39(36-60-40(49)34-30-26-23-21-18-19-22-25-29-33-38(48)32-28-6-4-2)37-61-66(58,59)64-47-44(53)42(51)43(52)46(45(47)54)63-65(55,56)57/h5-7,9-10,12-13,15-16,22,25,28-29,33,38-39,42-48,51-54H,3-4,8,11,14,17-21,23-24,26-27,30-32,34-37H2,1-2H3,(H,58,59)(H2,55,56,57)/b7-5-,10-9-,13-12-,16-15-,25-22+,28-6+,33-29+/t38?,39-,42?,43?,44?,45?,46-,47+/m1/s1. The molecule has 1 aliphatic rings. The van der Waals surface area contributed by atoms with E-state index in [4.69, 9.17) is 18.5 Å². The van der Waals surface area contributed by atoms with Crippen LogP contribution in [-0.2, 0) is 41.8 Å². The number of aliphatic hydroxyl groups is 5. The molecule has 0 bridgehead atoms. The Morgan fingerprint density at radius 3 is 1.65 bits per heavy atom. The maximum atomic E-state index is 13.0. The summed E-state index contributed by atoms with van der Waals surface area (Å²) in [7, 11) is -10.7. The molecule has 0 aromatic rings. The lowest BCUT2D eigenvalue weighted by molar-refractivity contribution is -0.216. The third-order valence-corrected chi connectivity index (χ3v) is 11.5. The summed E-state index contributed by atoms with van der Waals surface area (Å²) in [5, 5.41) is 51.1. The summed E-state index contributed by atoms with van der Waals surface area (Å²) in [6, 6.07) is 0. The molecule has 8 N–H and O–H groups in total. The molecule has 6 unspecified atom stereocenters. The number of rotatable bonds is 37. The van der Waals surface area contributed by atoms with Gasteiger partial charge in [-0.1, -0.05) is 131 Å². The van der Waals surface area contributed by atoms with Crippen LogP contribution in [0.3, 0.4) is 0 Å². The molecule has 1 saturated carbocycles. The summed E-state index contributed by atoms with van der Waals surface area (Å²) < 4.78 is 49.3. The van der Waals surface area contributed by atoms with Gasteiger partial charge in [0.25, 0.3) is 0 Å². The largest absolute Gasteiger partial charge is 0.472 e. The molecule has 0 radical (unpaired) electrons. The van der Waals surface area contributed by atoms with Gasteiger partial charge in [-0.25, -0.2) is 9.13 Å². The molecule has 1 rings (SSSR count). The molecule has 0 heterocycles. The van der Waals surface area contributed by atoms with Crippen LogP contribution in [0.15, 0.2) is 85.1 Å². The van der Waals surface area contributed by atoms with E-state index in [9.17, 15) is 58.9 Å². The van der Waals surface area contributed by atoms with Gasteiger partial charge in [-0.2, -0.15) is 0 Å². The maximum absolute atomic E-state index is 13.0. The normalized spacial score (nSPS) is 22.8. The van der Waals surface area contributed by atoms with Crippen molar-refractivity contribution in [3.05, 3.63) is 85.1 Å². The maximum Gasteiger partial charge on any atom is 0.472 e. The predicted octanol–water partition coefficient (Wildman–Crippen LogP) is 7.58. The van der Waals surface area contributed by atoms with Crippen molar-refractivity contribution >= 4 is 27.6 Å². The van der Waals surface area contributed by atoms with Crippen LogP contribution in [0.2, 0.25) is 0 Å².